The molecule has 4 nitrogen and oxygen atoms in total. The third-order valence-corrected chi connectivity index (χ3v) is 2.74. The van der Waals surface area contributed by atoms with E-state index in [9.17, 15) is 9.59 Å². The molecule has 0 spiro atoms. The van der Waals surface area contributed by atoms with Crippen LogP contribution >= 0.6 is 0 Å². The van der Waals surface area contributed by atoms with E-state index in [1.807, 2.05) is 13.8 Å². The van der Waals surface area contributed by atoms with E-state index in [1.165, 1.54) is 13.3 Å². The first-order chi connectivity index (χ1) is 7.76. The topological polar surface area (TPSA) is 46.4 Å². The molecule has 0 aliphatic rings. The van der Waals surface area contributed by atoms with E-state index in [-0.39, 0.29) is 17.9 Å². The average Bonchev–Trinajstić information content (AvgIpc) is 2.25. The Morgan fingerprint density at radius 2 is 1.94 bits per heavy atom. The van der Waals surface area contributed by atoms with Gasteiger partial charge in [0.05, 0.1) is 18.9 Å². The van der Waals surface area contributed by atoms with Gasteiger partial charge in [0.15, 0.2) is 6.04 Å². The van der Waals surface area contributed by atoms with Crippen molar-refractivity contribution in [2.45, 2.75) is 46.6 Å². The van der Waals surface area contributed by atoms with E-state index in [0.29, 0.717) is 12.8 Å². The summed E-state index contributed by atoms with van der Waals surface area (Å²) in [5, 5.41) is 0. The number of nitrogens with zero attached hydrogens (tertiary/aromatic N) is 1. The lowest BCUT2D eigenvalue weighted by atomic mass is 9.88. The summed E-state index contributed by atoms with van der Waals surface area (Å²) in [5.74, 6) is -0.313. The Hall–Kier alpha value is -1.32. The summed E-state index contributed by atoms with van der Waals surface area (Å²) in [4.78, 5) is 23.3. The first kappa shape index (κ1) is 15.7. The van der Waals surface area contributed by atoms with Gasteiger partial charge in [-0.25, -0.2) is 4.79 Å². The van der Waals surface area contributed by atoms with Crippen LogP contribution in [0.1, 0.15) is 40.5 Å². The molecule has 0 aromatic heterocycles. The van der Waals surface area contributed by atoms with Gasteiger partial charge in [-0.15, -0.1) is 0 Å². The molecule has 98 valence electrons. The molecule has 0 atom stereocenters. The van der Waals surface area contributed by atoms with Gasteiger partial charge >= 0.3 is 11.9 Å². The Balaban J connectivity index is 4.49. The fourth-order valence-corrected chi connectivity index (χ4v) is 1.53. The molecule has 0 bridgehead atoms. The SMILES string of the molecule is [CH2-]/C=[N+](/C(=O)CCC(C)(C)C(=O)OC)C(C)C. The molecule has 1 amide bonds. The first-order valence-electron chi connectivity index (χ1n) is 5.78. The second kappa shape index (κ2) is 6.42. The highest BCUT2D eigenvalue weighted by molar-refractivity contribution is 5.78. The first-order valence-corrected chi connectivity index (χ1v) is 5.78. The van der Waals surface area contributed by atoms with Gasteiger partial charge in [0.1, 0.15) is 0 Å². The highest BCUT2D eigenvalue weighted by atomic mass is 16.5. The lowest BCUT2D eigenvalue weighted by Crippen LogP contribution is -2.31. The normalized spacial score (nSPS) is 12.7. The third-order valence-electron chi connectivity index (χ3n) is 2.74. The lowest BCUT2D eigenvalue weighted by Gasteiger charge is -2.20. The van der Waals surface area contributed by atoms with Crippen molar-refractivity contribution in [2.75, 3.05) is 7.11 Å². The molecule has 0 saturated heterocycles. The second-order valence-corrected chi connectivity index (χ2v) is 4.95. The van der Waals surface area contributed by atoms with E-state index >= 15 is 0 Å². The Bertz CT molecular complexity index is 317. The molecule has 0 N–H and O–H groups in total. The van der Waals surface area contributed by atoms with Crippen LogP contribution in [0.2, 0.25) is 0 Å². The minimum atomic E-state index is -0.631. The molecule has 0 saturated carbocycles. The quantitative estimate of drug-likeness (QED) is 0.319. The van der Waals surface area contributed by atoms with Crippen LogP contribution in [0.15, 0.2) is 0 Å². The molecule has 0 aromatic carbocycles. The summed E-state index contributed by atoms with van der Waals surface area (Å²) in [6.45, 7) is 11.0. The smallest absolute Gasteiger partial charge is 0.384 e. The van der Waals surface area contributed by atoms with Gasteiger partial charge in [-0.05, 0) is 34.1 Å². The number of hydrogen-bond donors (Lipinski definition) is 0. The summed E-state index contributed by atoms with van der Waals surface area (Å²) in [6.07, 6.45) is 2.31. The molecule has 0 rings (SSSR count). The zero-order chi connectivity index (χ0) is 13.6. The summed E-state index contributed by atoms with van der Waals surface area (Å²) < 4.78 is 6.27. The number of rotatable bonds is 5. The molecule has 0 heterocycles. The molecule has 0 aliphatic carbocycles. The van der Waals surface area contributed by atoms with Crippen LogP contribution in [-0.2, 0) is 14.3 Å². The maximum Gasteiger partial charge on any atom is 0.384 e. The number of carbonyl (C=O) groups excluding carboxylic acids is 2. The van der Waals surface area contributed by atoms with E-state index in [1.54, 1.807) is 18.4 Å². The maximum absolute atomic E-state index is 11.9. The monoisotopic (exact) mass is 241 g/mol. The molecule has 0 radical (unpaired) electrons. The van der Waals surface area contributed by atoms with Crippen molar-refractivity contribution in [1.29, 1.82) is 0 Å². The molecular formula is C13H23NO3. The Labute approximate surface area is 104 Å². The van der Waals surface area contributed by atoms with Gasteiger partial charge < -0.3 is 11.7 Å². The fraction of sp³-hybridized carbons (Fsp3) is 0.692. The minimum absolute atomic E-state index is 0.0213. The van der Waals surface area contributed by atoms with E-state index in [4.69, 9.17) is 4.74 Å². The van der Waals surface area contributed by atoms with E-state index in [2.05, 4.69) is 6.92 Å². The minimum Gasteiger partial charge on any atom is -0.469 e. The summed E-state index contributed by atoms with van der Waals surface area (Å²) in [5.41, 5.74) is -0.631. The summed E-state index contributed by atoms with van der Waals surface area (Å²) >= 11 is 0. The van der Waals surface area contributed by atoms with Gasteiger partial charge in [-0.1, -0.05) is 0 Å². The Morgan fingerprint density at radius 1 is 1.41 bits per heavy atom. The molecule has 4 heteroatoms. The van der Waals surface area contributed by atoms with Crippen molar-refractivity contribution in [3.63, 3.8) is 0 Å². The van der Waals surface area contributed by atoms with E-state index in [0.717, 1.165) is 0 Å². The molecule has 0 unspecified atom stereocenters. The fourth-order valence-electron chi connectivity index (χ4n) is 1.53. The molecule has 0 fully saturated rings. The van der Waals surface area contributed by atoms with Crippen LogP contribution in [-0.4, -0.2) is 35.8 Å². The number of esters is 1. The van der Waals surface area contributed by atoms with Crippen molar-refractivity contribution in [3.05, 3.63) is 6.92 Å². The standard InChI is InChI=1S/C13H23NO3/c1-7-14(10(2)3)11(15)8-9-13(4,5)12(16)17-6/h7,10H,1,8-9H2,2-6H3/b14-7+. The maximum atomic E-state index is 11.9. The lowest BCUT2D eigenvalue weighted by molar-refractivity contribution is -0.476. The Kier molecular flexibility index (Phi) is 5.93. The molecule has 0 aliphatic heterocycles. The van der Waals surface area contributed by atoms with Crippen molar-refractivity contribution < 1.29 is 18.9 Å². The number of hydrogen-bond acceptors (Lipinski definition) is 3. The highest BCUT2D eigenvalue weighted by Gasteiger charge is 2.31. The number of amides is 1. The van der Waals surface area contributed by atoms with Crippen LogP contribution in [0.5, 0.6) is 0 Å². The van der Waals surface area contributed by atoms with Crippen molar-refractivity contribution in [1.82, 2.24) is 0 Å². The van der Waals surface area contributed by atoms with Gasteiger partial charge in [0.25, 0.3) is 0 Å². The highest BCUT2D eigenvalue weighted by Crippen LogP contribution is 2.24. The number of methoxy groups -OCH3 is 1. The second-order valence-electron chi connectivity index (χ2n) is 4.95. The van der Waals surface area contributed by atoms with Crippen molar-refractivity contribution in [3.8, 4) is 0 Å². The van der Waals surface area contributed by atoms with Gasteiger partial charge in [-0.2, -0.15) is 4.58 Å². The largest absolute Gasteiger partial charge is 0.469 e. The van der Waals surface area contributed by atoms with Gasteiger partial charge in [0.2, 0.25) is 0 Å². The average molecular weight is 241 g/mol. The number of carbonyl (C=O) groups is 2. The van der Waals surface area contributed by atoms with Gasteiger partial charge in [0, 0.05) is 6.21 Å². The van der Waals surface area contributed by atoms with Crippen molar-refractivity contribution >= 4 is 18.1 Å². The third kappa shape index (κ3) is 4.59. The van der Waals surface area contributed by atoms with Crippen molar-refractivity contribution in [2.24, 2.45) is 5.41 Å². The molecular weight excluding hydrogens is 218 g/mol. The Morgan fingerprint density at radius 3 is 2.29 bits per heavy atom. The summed E-state index contributed by atoms with van der Waals surface area (Å²) in [7, 11) is 1.36. The molecule has 17 heavy (non-hydrogen) atoms. The zero-order valence-corrected chi connectivity index (χ0v) is 11.4. The predicted octanol–water partition coefficient (Wildman–Crippen LogP) is 1.82. The zero-order valence-electron chi connectivity index (χ0n) is 11.4. The predicted molar refractivity (Wildman–Crippen MR) is 66.9 cm³/mol. The van der Waals surface area contributed by atoms with Crippen LogP contribution in [0.4, 0.5) is 0 Å². The van der Waals surface area contributed by atoms with E-state index < -0.39 is 5.41 Å². The molecule has 0 aromatic rings. The summed E-state index contributed by atoms with van der Waals surface area (Å²) in [6, 6.07) is 0.0845. The van der Waals surface area contributed by atoms with Gasteiger partial charge in [-0.3, -0.25) is 4.79 Å². The van der Waals surface area contributed by atoms with Crippen LogP contribution in [0.25, 0.3) is 0 Å². The number of ether oxygens (including phenoxy) is 1. The van der Waals surface area contributed by atoms with Crippen LogP contribution in [0, 0.1) is 12.3 Å². The van der Waals surface area contributed by atoms with Crippen LogP contribution < -0.4 is 0 Å². The van der Waals surface area contributed by atoms with Crippen LogP contribution in [0.3, 0.4) is 0 Å².